The normalized spacial score (nSPS) is 21.3. The summed E-state index contributed by atoms with van der Waals surface area (Å²) in [5.74, 6) is 0. The Bertz CT molecular complexity index is 544. The molecule has 1 aromatic heterocycles. The quantitative estimate of drug-likeness (QED) is 0.760. The van der Waals surface area contributed by atoms with Gasteiger partial charge in [-0.15, -0.1) is 0 Å². The first-order chi connectivity index (χ1) is 8.12. The summed E-state index contributed by atoms with van der Waals surface area (Å²) >= 11 is 0. The molecule has 92 valence electrons. The van der Waals surface area contributed by atoms with Crippen molar-refractivity contribution in [2.24, 2.45) is 0 Å². The summed E-state index contributed by atoms with van der Waals surface area (Å²) in [6, 6.07) is 2.30. The lowest BCUT2D eigenvalue weighted by Gasteiger charge is -2.24. The molecule has 17 heavy (non-hydrogen) atoms. The van der Waals surface area contributed by atoms with Crippen molar-refractivity contribution in [2.75, 3.05) is 14.1 Å². The fraction of sp³-hybridized carbons (Fsp3) is 0.600. The molecule has 2 heteroatoms. The maximum Gasteiger partial charge on any atom is 0.0439 e. The lowest BCUT2D eigenvalue weighted by Crippen LogP contribution is -2.40. The number of hydrogen-bond acceptors (Lipinski definition) is 1. The van der Waals surface area contributed by atoms with E-state index < -0.39 is 0 Å². The predicted molar refractivity (Wildman–Crippen MR) is 72.1 cm³/mol. The van der Waals surface area contributed by atoms with Crippen molar-refractivity contribution in [1.29, 1.82) is 0 Å². The van der Waals surface area contributed by atoms with Crippen LogP contribution >= 0.6 is 0 Å². The number of fused-ring (bicyclic) bond motifs is 1. The van der Waals surface area contributed by atoms with Gasteiger partial charge in [0.05, 0.1) is 0 Å². The average Bonchev–Trinajstić information content (AvgIpc) is 2.96. The third-order valence-electron chi connectivity index (χ3n) is 4.56. The van der Waals surface area contributed by atoms with Crippen molar-refractivity contribution in [3.8, 4) is 0 Å². The molecule has 1 aromatic rings. The Labute approximate surface area is 103 Å². The Morgan fingerprint density at radius 3 is 2.76 bits per heavy atom. The zero-order chi connectivity index (χ0) is 12.0. The molecule has 2 aliphatic rings. The molecule has 1 fully saturated rings. The fourth-order valence-electron chi connectivity index (χ4n) is 2.98. The van der Waals surface area contributed by atoms with E-state index in [2.05, 4.69) is 48.8 Å². The van der Waals surface area contributed by atoms with Crippen molar-refractivity contribution in [2.45, 2.75) is 44.7 Å². The van der Waals surface area contributed by atoms with Crippen LogP contribution in [0.1, 0.15) is 32.6 Å². The molecule has 2 aliphatic carbocycles. The molecule has 1 heterocycles. The Hall–Kier alpha value is -1.02. The van der Waals surface area contributed by atoms with E-state index in [1.807, 2.05) is 0 Å². The summed E-state index contributed by atoms with van der Waals surface area (Å²) in [6.07, 6.45) is 9.81. The van der Waals surface area contributed by atoms with E-state index in [4.69, 9.17) is 0 Å². The predicted octanol–water partition coefficient (Wildman–Crippen LogP) is 1.33. The van der Waals surface area contributed by atoms with Crippen LogP contribution < -0.4 is 10.6 Å². The Kier molecular flexibility index (Phi) is 2.44. The third-order valence-corrected chi connectivity index (χ3v) is 4.56. The third kappa shape index (κ3) is 1.75. The molecule has 0 saturated heterocycles. The van der Waals surface area contributed by atoms with Crippen molar-refractivity contribution < 1.29 is 0 Å². The molecule has 0 amide bonds. The highest BCUT2D eigenvalue weighted by atomic mass is 15.2. The SMILES string of the molecule is CC1=c2ccn(CC3(N(C)C)CC3)c2=CCC1. The van der Waals surface area contributed by atoms with Crippen molar-refractivity contribution >= 4 is 11.6 Å². The Morgan fingerprint density at radius 1 is 1.35 bits per heavy atom. The van der Waals surface area contributed by atoms with Gasteiger partial charge in [0, 0.05) is 23.6 Å². The minimum Gasteiger partial charge on any atom is -0.346 e. The molecule has 0 aromatic carbocycles. The standard InChI is InChI=1S/C15H22N2/c1-12-5-4-6-14-13(12)7-10-17(14)11-15(8-9-15)16(2)3/h6-7,10H,4-5,8-9,11H2,1-3H3. The summed E-state index contributed by atoms with van der Waals surface area (Å²) in [6.45, 7) is 3.42. The van der Waals surface area contributed by atoms with Gasteiger partial charge in [0.15, 0.2) is 0 Å². The van der Waals surface area contributed by atoms with Gasteiger partial charge in [-0.05, 0) is 58.0 Å². The van der Waals surface area contributed by atoms with Gasteiger partial charge < -0.3 is 9.47 Å². The van der Waals surface area contributed by atoms with Gasteiger partial charge in [-0.1, -0.05) is 11.6 Å². The summed E-state index contributed by atoms with van der Waals surface area (Å²) in [4.78, 5) is 2.40. The van der Waals surface area contributed by atoms with Crippen LogP contribution in [0.4, 0.5) is 0 Å². The van der Waals surface area contributed by atoms with Crippen molar-refractivity contribution in [1.82, 2.24) is 9.47 Å². The average molecular weight is 230 g/mol. The molecule has 0 bridgehead atoms. The smallest absolute Gasteiger partial charge is 0.0439 e. The second-order valence-electron chi connectivity index (χ2n) is 5.88. The zero-order valence-corrected chi connectivity index (χ0v) is 11.2. The van der Waals surface area contributed by atoms with Crippen LogP contribution in [0.3, 0.4) is 0 Å². The van der Waals surface area contributed by atoms with Crippen LogP contribution in [0.2, 0.25) is 0 Å². The van der Waals surface area contributed by atoms with Gasteiger partial charge in [0.25, 0.3) is 0 Å². The number of hydrogen-bond donors (Lipinski definition) is 0. The van der Waals surface area contributed by atoms with Gasteiger partial charge in [-0.2, -0.15) is 0 Å². The van der Waals surface area contributed by atoms with E-state index in [-0.39, 0.29) is 0 Å². The van der Waals surface area contributed by atoms with E-state index in [0.717, 1.165) is 6.54 Å². The van der Waals surface area contributed by atoms with E-state index >= 15 is 0 Å². The molecule has 0 radical (unpaired) electrons. The van der Waals surface area contributed by atoms with Crippen LogP contribution in [0.5, 0.6) is 0 Å². The second-order valence-corrected chi connectivity index (χ2v) is 5.88. The molecule has 0 atom stereocenters. The lowest BCUT2D eigenvalue weighted by atomic mass is 10.1. The molecular formula is C15H22N2. The first-order valence-electron chi connectivity index (χ1n) is 6.65. The molecule has 0 spiro atoms. The van der Waals surface area contributed by atoms with Gasteiger partial charge >= 0.3 is 0 Å². The van der Waals surface area contributed by atoms with Crippen LogP contribution in [-0.2, 0) is 6.54 Å². The summed E-state index contributed by atoms with van der Waals surface area (Å²) in [5.41, 5.74) is 1.99. The second kappa shape index (κ2) is 3.74. The molecule has 0 N–H and O–H groups in total. The largest absolute Gasteiger partial charge is 0.346 e. The topological polar surface area (TPSA) is 8.17 Å². The summed E-state index contributed by atoms with van der Waals surface area (Å²) < 4.78 is 2.46. The van der Waals surface area contributed by atoms with Crippen LogP contribution in [-0.4, -0.2) is 29.1 Å². The van der Waals surface area contributed by atoms with Crippen molar-refractivity contribution in [3.63, 3.8) is 0 Å². The fourth-order valence-corrected chi connectivity index (χ4v) is 2.98. The summed E-state index contributed by atoms with van der Waals surface area (Å²) in [7, 11) is 4.42. The Morgan fingerprint density at radius 2 is 2.12 bits per heavy atom. The number of rotatable bonds is 3. The van der Waals surface area contributed by atoms with Gasteiger partial charge in [-0.3, -0.25) is 0 Å². The van der Waals surface area contributed by atoms with E-state index in [0.29, 0.717) is 5.54 Å². The van der Waals surface area contributed by atoms with Crippen LogP contribution in [0.25, 0.3) is 11.6 Å². The summed E-state index contributed by atoms with van der Waals surface area (Å²) in [5, 5.41) is 2.94. The number of aromatic nitrogens is 1. The zero-order valence-electron chi connectivity index (χ0n) is 11.2. The highest BCUT2D eigenvalue weighted by Gasteiger charge is 2.44. The first kappa shape index (κ1) is 11.1. The van der Waals surface area contributed by atoms with Crippen LogP contribution in [0, 0.1) is 0 Å². The van der Waals surface area contributed by atoms with Crippen LogP contribution in [0.15, 0.2) is 12.3 Å². The highest BCUT2D eigenvalue weighted by molar-refractivity contribution is 5.48. The number of likely N-dealkylation sites (N-methyl/N-ethyl adjacent to an activating group) is 1. The van der Waals surface area contributed by atoms with E-state index in [1.165, 1.54) is 36.3 Å². The number of nitrogens with zero attached hydrogens (tertiary/aromatic N) is 2. The maximum absolute atomic E-state index is 2.46. The van der Waals surface area contributed by atoms with Gasteiger partial charge in [0.2, 0.25) is 0 Å². The maximum atomic E-state index is 2.46. The van der Waals surface area contributed by atoms with E-state index in [1.54, 1.807) is 5.57 Å². The Balaban J connectivity index is 1.99. The highest BCUT2D eigenvalue weighted by Crippen LogP contribution is 2.41. The van der Waals surface area contributed by atoms with Gasteiger partial charge in [0.1, 0.15) is 0 Å². The van der Waals surface area contributed by atoms with E-state index in [9.17, 15) is 0 Å². The molecule has 0 aliphatic heterocycles. The minimum absolute atomic E-state index is 0.436. The molecule has 0 unspecified atom stereocenters. The lowest BCUT2D eigenvalue weighted by molar-refractivity contribution is 0.240. The monoisotopic (exact) mass is 230 g/mol. The first-order valence-corrected chi connectivity index (χ1v) is 6.65. The molecule has 3 rings (SSSR count). The van der Waals surface area contributed by atoms with Gasteiger partial charge in [-0.25, -0.2) is 0 Å². The molecular weight excluding hydrogens is 208 g/mol. The molecule has 1 saturated carbocycles. The van der Waals surface area contributed by atoms with Crippen molar-refractivity contribution in [3.05, 3.63) is 22.8 Å². The molecule has 2 nitrogen and oxygen atoms in total. The minimum atomic E-state index is 0.436.